The molecular formula is C47H59N3O6. The Morgan fingerprint density at radius 1 is 0.607 bits per heavy atom. The van der Waals surface area contributed by atoms with Crippen molar-refractivity contribution in [2.45, 2.75) is 83.0 Å². The summed E-state index contributed by atoms with van der Waals surface area (Å²) in [5, 5.41) is 0. The zero-order valence-electron chi connectivity index (χ0n) is 33.3. The molecule has 4 aromatic carbocycles. The van der Waals surface area contributed by atoms with Crippen molar-refractivity contribution < 1.29 is 28.5 Å². The van der Waals surface area contributed by atoms with Gasteiger partial charge in [-0.15, -0.1) is 0 Å². The van der Waals surface area contributed by atoms with E-state index in [-0.39, 0.29) is 30.1 Å². The van der Waals surface area contributed by atoms with Crippen molar-refractivity contribution >= 4 is 17.3 Å². The molecule has 4 aromatic rings. The molecule has 2 N–H and O–H groups in total. The molecule has 0 aromatic heterocycles. The molecule has 2 heterocycles. The molecule has 2 saturated carbocycles. The lowest BCUT2D eigenvalue weighted by Crippen LogP contribution is -2.24. The highest BCUT2D eigenvalue weighted by atomic mass is 16.5. The van der Waals surface area contributed by atoms with E-state index < -0.39 is 0 Å². The maximum Gasteiger partial charge on any atom is 0.306 e. The van der Waals surface area contributed by atoms with Crippen LogP contribution < -0.4 is 34.5 Å². The van der Waals surface area contributed by atoms with Gasteiger partial charge in [0.1, 0.15) is 35.2 Å². The number of hydrogen-bond acceptors (Lipinski definition) is 9. The zero-order valence-corrected chi connectivity index (χ0v) is 33.3. The number of methoxy groups -OCH3 is 1. The Morgan fingerprint density at radius 2 is 1.02 bits per heavy atom. The quantitative estimate of drug-likeness (QED) is 0.112. The van der Waals surface area contributed by atoms with Gasteiger partial charge in [0, 0.05) is 43.3 Å². The molecule has 56 heavy (non-hydrogen) atoms. The monoisotopic (exact) mass is 761 g/mol. The topological polar surface area (TPSA) is 95.7 Å². The lowest BCUT2D eigenvalue weighted by Gasteiger charge is -2.20. The summed E-state index contributed by atoms with van der Waals surface area (Å²) >= 11 is 0. The number of carbonyl (C=O) groups is 1. The van der Waals surface area contributed by atoms with Crippen molar-refractivity contribution in [3.63, 3.8) is 0 Å². The van der Waals surface area contributed by atoms with Gasteiger partial charge in [-0.3, -0.25) is 4.79 Å². The number of rotatable bonds is 16. The van der Waals surface area contributed by atoms with E-state index in [0.29, 0.717) is 6.42 Å². The van der Waals surface area contributed by atoms with E-state index in [9.17, 15) is 4.79 Å². The molecule has 2 aliphatic heterocycles. The minimum absolute atomic E-state index is 0.0576. The van der Waals surface area contributed by atoms with Crippen molar-refractivity contribution in [3.8, 4) is 23.0 Å². The first-order valence-corrected chi connectivity index (χ1v) is 20.6. The van der Waals surface area contributed by atoms with Gasteiger partial charge >= 0.3 is 5.97 Å². The minimum Gasteiger partial charge on any atom is -0.493 e. The third-order valence-electron chi connectivity index (χ3n) is 11.2. The normalized spacial score (nSPS) is 20.1. The summed E-state index contributed by atoms with van der Waals surface area (Å²) in [7, 11) is 1.42. The molecule has 0 radical (unpaired) electrons. The van der Waals surface area contributed by atoms with Crippen LogP contribution in [0.5, 0.6) is 23.0 Å². The third kappa shape index (κ3) is 11.6. The fourth-order valence-corrected chi connectivity index (χ4v) is 7.18. The highest BCUT2D eigenvalue weighted by Gasteiger charge is 2.27. The fraction of sp³-hybridized carbons (Fsp3) is 0.468. The second-order valence-electron chi connectivity index (χ2n) is 16.1. The molecule has 9 nitrogen and oxygen atoms in total. The number of ether oxygens (including phenoxy) is 5. The molecule has 4 atom stereocenters. The second-order valence-corrected chi connectivity index (χ2v) is 16.1. The Kier molecular flexibility index (Phi) is 13.2. The summed E-state index contributed by atoms with van der Waals surface area (Å²) in [6.07, 6.45) is 8.08. The summed E-state index contributed by atoms with van der Waals surface area (Å²) in [5.41, 5.74) is 10.6. The summed E-state index contributed by atoms with van der Waals surface area (Å²) in [5.74, 6) is 5.23. The molecule has 298 valence electrons. The van der Waals surface area contributed by atoms with E-state index >= 15 is 0 Å². The van der Waals surface area contributed by atoms with Gasteiger partial charge in [0.15, 0.2) is 0 Å². The Bertz CT molecular complexity index is 1810. The molecule has 8 rings (SSSR count). The van der Waals surface area contributed by atoms with Crippen molar-refractivity contribution in [1.29, 1.82) is 0 Å². The number of carbonyl (C=O) groups excluding carboxylic acids is 1. The number of anilines is 2. The largest absolute Gasteiger partial charge is 0.493 e. The van der Waals surface area contributed by atoms with Gasteiger partial charge in [-0.25, -0.2) is 0 Å². The van der Waals surface area contributed by atoms with Crippen LogP contribution in [-0.4, -0.2) is 64.7 Å². The van der Waals surface area contributed by atoms with Crippen LogP contribution in [-0.2, 0) is 9.53 Å². The van der Waals surface area contributed by atoms with Gasteiger partial charge in [0.2, 0.25) is 0 Å². The van der Waals surface area contributed by atoms with Crippen LogP contribution in [0.1, 0.15) is 81.9 Å². The second kappa shape index (κ2) is 18.8. The van der Waals surface area contributed by atoms with Gasteiger partial charge in [-0.2, -0.15) is 0 Å². The average Bonchev–Trinajstić information content (AvgIpc) is 4.15. The van der Waals surface area contributed by atoms with Crippen LogP contribution in [0.25, 0.3) is 0 Å². The molecule has 0 amide bonds. The van der Waals surface area contributed by atoms with E-state index in [2.05, 4.69) is 58.3 Å². The van der Waals surface area contributed by atoms with Gasteiger partial charge in [-0.1, -0.05) is 31.2 Å². The lowest BCUT2D eigenvalue weighted by atomic mass is 9.98. The number of nitrogens with zero attached hydrogens (tertiary/aromatic N) is 2. The molecule has 2 saturated heterocycles. The maximum atomic E-state index is 11.5. The van der Waals surface area contributed by atoms with Crippen molar-refractivity contribution in [3.05, 3.63) is 108 Å². The molecule has 9 heteroatoms. The summed E-state index contributed by atoms with van der Waals surface area (Å²) in [4.78, 5) is 16.2. The fourth-order valence-electron chi connectivity index (χ4n) is 7.18. The maximum absolute atomic E-state index is 11.5. The molecular weight excluding hydrogens is 703 g/mol. The predicted molar refractivity (Wildman–Crippen MR) is 222 cm³/mol. The molecule has 4 aliphatic rings. The first kappa shape index (κ1) is 39.3. The first-order valence-electron chi connectivity index (χ1n) is 20.6. The Balaban J connectivity index is 0.000000173. The van der Waals surface area contributed by atoms with Gasteiger partial charge in [-0.05, 0) is 134 Å². The van der Waals surface area contributed by atoms with Crippen LogP contribution in [0.2, 0.25) is 0 Å². The van der Waals surface area contributed by atoms with Crippen LogP contribution in [0.4, 0.5) is 11.4 Å². The van der Waals surface area contributed by atoms with Crippen molar-refractivity contribution in [1.82, 2.24) is 0 Å². The SMILES string of the molecule is COC(=O)C[C@@H](C)c1ccc(OC2CCN(c3ccc(OCC4CC4)cc3)C2)cc1.C[C@H](N)c1ccc(OC2CCN(c3ccc(OCC4CC4)cc3)C2)cc1. The van der Waals surface area contributed by atoms with Crippen molar-refractivity contribution in [2.24, 2.45) is 17.6 Å². The van der Waals surface area contributed by atoms with Crippen LogP contribution >= 0.6 is 0 Å². The number of esters is 1. The van der Waals surface area contributed by atoms with Gasteiger partial charge in [0.05, 0.1) is 39.8 Å². The zero-order chi connectivity index (χ0) is 38.9. The smallest absolute Gasteiger partial charge is 0.306 e. The van der Waals surface area contributed by atoms with Gasteiger partial charge in [0.25, 0.3) is 0 Å². The van der Waals surface area contributed by atoms with E-state index in [4.69, 9.17) is 29.4 Å². The van der Waals surface area contributed by atoms with E-state index in [1.165, 1.54) is 44.2 Å². The number of nitrogens with two attached hydrogens (primary N) is 1. The summed E-state index contributed by atoms with van der Waals surface area (Å²) in [6.45, 7) is 9.53. The molecule has 0 spiro atoms. The number of benzene rings is 4. The molecule has 4 fully saturated rings. The average molecular weight is 762 g/mol. The lowest BCUT2D eigenvalue weighted by molar-refractivity contribution is -0.140. The standard InChI is InChI=1S/C25H31NO4.C22H28N2O2/c1-18(15-25(27)28-2)20-5-9-23(10-6-20)30-24-13-14-26(16-24)21-7-11-22(12-8-21)29-17-19-3-4-19;1-16(23)18-4-8-21(9-5-18)26-22-12-13-24(14-22)19-6-10-20(11-7-19)25-15-17-2-3-17/h5-12,18-19,24H,3-4,13-17H2,1-2H3;4-11,16-17,22H,2-3,12-15,23H2,1H3/t18-,24?;16-,22?/m10/s1. The molecule has 2 unspecified atom stereocenters. The third-order valence-corrected chi connectivity index (χ3v) is 11.2. The minimum atomic E-state index is -0.184. The van der Waals surface area contributed by atoms with E-state index in [0.717, 1.165) is 98.2 Å². The van der Waals surface area contributed by atoms with Crippen LogP contribution in [0, 0.1) is 11.8 Å². The van der Waals surface area contributed by atoms with Gasteiger partial charge < -0.3 is 39.2 Å². The van der Waals surface area contributed by atoms with Crippen LogP contribution in [0.15, 0.2) is 97.1 Å². The first-order chi connectivity index (χ1) is 27.3. The Hall–Kier alpha value is -4.89. The highest BCUT2D eigenvalue weighted by molar-refractivity contribution is 5.70. The molecule has 2 aliphatic carbocycles. The Morgan fingerprint density at radius 3 is 1.41 bits per heavy atom. The Labute approximate surface area is 333 Å². The number of hydrogen-bond donors (Lipinski definition) is 1. The van der Waals surface area contributed by atoms with E-state index in [1.54, 1.807) is 0 Å². The predicted octanol–water partition coefficient (Wildman–Crippen LogP) is 8.95. The van der Waals surface area contributed by atoms with Crippen LogP contribution in [0.3, 0.4) is 0 Å². The highest BCUT2D eigenvalue weighted by Crippen LogP contribution is 2.32. The van der Waals surface area contributed by atoms with Crippen molar-refractivity contribution in [2.75, 3.05) is 56.3 Å². The summed E-state index contributed by atoms with van der Waals surface area (Å²) < 4.78 is 28.8. The summed E-state index contributed by atoms with van der Waals surface area (Å²) in [6, 6.07) is 33.2. The van der Waals surface area contributed by atoms with E-state index in [1.807, 2.05) is 62.4 Å². The molecule has 0 bridgehead atoms.